The van der Waals surface area contributed by atoms with Gasteiger partial charge in [0, 0.05) is 6.92 Å². The minimum atomic E-state index is -0.435. The Kier molecular flexibility index (Phi) is 4.33. The number of hydrogen-bond donors (Lipinski definition) is 0. The molecule has 0 bridgehead atoms. The van der Waals surface area contributed by atoms with Crippen LogP contribution in [0.1, 0.15) is 20.8 Å². The van der Waals surface area contributed by atoms with Gasteiger partial charge in [0.1, 0.15) is 6.10 Å². The Bertz CT molecular complexity index is 176. The molecule has 0 fully saturated rings. The fourth-order valence-corrected chi connectivity index (χ4v) is 0.741. The average molecular weight is 174 g/mol. The fourth-order valence-electron chi connectivity index (χ4n) is 0.741. The highest BCUT2D eigenvalue weighted by Gasteiger charge is 2.22. The van der Waals surface area contributed by atoms with Crippen LogP contribution in [0.4, 0.5) is 0 Å². The van der Waals surface area contributed by atoms with Crippen LogP contribution >= 0.6 is 0 Å². The van der Waals surface area contributed by atoms with Crippen LogP contribution in [0.3, 0.4) is 0 Å². The summed E-state index contributed by atoms with van der Waals surface area (Å²) in [6, 6.07) is 0. The summed E-state index contributed by atoms with van der Waals surface area (Å²) < 4.78 is 9.28. The van der Waals surface area contributed by atoms with Crippen LogP contribution in [0.15, 0.2) is 0 Å². The summed E-state index contributed by atoms with van der Waals surface area (Å²) in [6.07, 6.45) is -0.435. The molecule has 0 aliphatic rings. The lowest BCUT2D eigenvalue weighted by atomic mass is 10.1. The van der Waals surface area contributed by atoms with Gasteiger partial charge in [-0.25, -0.2) is 0 Å². The summed E-state index contributed by atoms with van der Waals surface area (Å²) in [5.74, 6) is -1.18. The highest BCUT2D eigenvalue weighted by Crippen LogP contribution is 2.08. The van der Waals surface area contributed by atoms with Crippen molar-refractivity contribution in [2.45, 2.75) is 26.9 Å². The molecule has 4 heteroatoms. The van der Waals surface area contributed by atoms with Crippen molar-refractivity contribution in [3.05, 3.63) is 0 Å². The molecule has 0 aromatic carbocycles. The van der Waals surface area contributed by atoms with E-state index in [1.165, 1.54) is 14.0 Å². The summed E-state index contributed by atoms with van der Waals surface area (Å²) in [7, 11) is 1.30. The molecule has 0 saturated carbocycles. The van der Waals surface area contributed by atoms with Gasteiger partial charge < -0.3 is 9.47 Å². The Morgan fingerprint density at radius 1 is 1.25 bits per heavy atom. The summed E-state index contributed by atoms with van der Waals surface area (Å²) in [5, 5.41) is 0. The molecule has 0 aliphatic carbocycles. The lowest BCUT2D eigenvalue weighted by Crippen LogP contribution is -2.28. The molecule has 0 aromatic heterocycles. The van der Waals surface area contributed by atoms with Gasteiger partial charge in [0.15, 0.2) is 0 Å². The lowest BCUT2D eigenvalue weighted by molar-refractivity contribution is -0.156. The second kappa shape index (κ2) is 4.74. The van der Waals surface area contributed by atoms with E-state index in [1.807, 2.05) is 0 Å². The zero-order valence-corrected chi connectivity index (χ0v) is 7.79. The maximum atomic E-state index is 10.9. The van der Waals surface area contributed by atoms with Crippen molar-refractivity contribution >= 4 is 11.9 Å². The van der Waals surface area contributed by atoms with Crippen molar-refractivity contribution in [2.75, 3.05) is 7.11 Å². The minimum Gasteiger partial charge on any atom is -0.469 e. The molecular formula is C8H14O4. The molecule has 0 unspecified atom stereocenters. The molecule has 12 heavy (non-hydrogen) atoms. The van der Waals surface area contributed by atoms with E-state index in [0.717, 1.165) is 0 Å². The Morgan fingerprint density at radius 3 is 2.08 bits per heavy atom. The first-order chi connectivity index (χ1) is 5.49. The van der Waals surface area contributed by atoms with Crippen molar-refractivity contribution in [1.29, 1.82) is 0 Å². The Morgan fingerprint density at radius 2 is 1.75 bits per heavy atom. The SMILES string of the molecule is COC(=O)[C@@H](C)[C@H](C)OC(C)=O. The fraction of sp³-hybridized carbons (Fsp3) is 0.750. The van der Waals surface area contributed by atoms with Crippen LogP contribution in [0.5, 0.6) is 0 Å². The molecule has 0 saturated heterocycles. The third-order valence-electron chi connectivity index (χ3n) is 1.63. The van der Waals surface area contributed by atoms with Gasteiger partial charge in [-0.05, 0) is 13.8 Å². The van der Waals surface area contributed by atoms with Crippen molar-refractivity contribution in [2.24, 2.45) is 5.92 Å². The highest BCUT2D eigenvalue weighted by atomic mass is 16.6. The van der Waals surface area contributed by atoms with E-state index in [9.17, 15) is 9.59 Å². The first kappa shape index (κ1) is 10.9. The number of carbonyl (C=O) groups excluding carboxylic acids is 2. The van der Waals surface area contributed by atoms with Gasteiger partial charge in [-0.3, -0.25) is 9.59 Å². The Balaban J connectivity index is 4.00. The lowest BCUT2D eigenvalue weighted by Gasteiger charge is -2.16. The molecule has 0 aromatic rings. The molecule has 4 nitrogen and oxygen atoms in total. The normalized spacial score (nSPS) is 14.7. The number of carbonyl (C=O) groups is 2. The van der Waals surface area contributed by atoms with Gasteiger partial charge in [-0.15, -0.1) is 0 Å². The first-order valence-corrected chi connectivity index (χ1v) is 3.74. The maximum Gasteiger partial charge on any atom is 0.312 e. The van der Waals surface area contributed by atoms with Gasteiger partial charge in [0.25, 0.3) is 0 Å². The second-order valence-corrected chi connectivity index (χ2v) is 2.63. The van der Waals surface area contributed by atoms with Crippen LogP contribution in [0.25, 0.3) is 0 Å². The molecule has 0 N–H and O–H groups in total. The summed E-state index contributed by atoms with van der Waals surface area (Å²) in [4.78, 5) is 21.4. The van der Waals surface area contributed by atoms with Gasteiger partial charge in [-0.1, -0.05) is 0 Å². The van der Waals surface area contributed by atoms with Crippen LogP contribution in [0.2, 0.25) is 0 Å². The quantitative estimate of drug-likeness (QED) is 0.592. The van der Waals surface area contributed by atoms with Crippen LogP contribution in [-0.4, -0.2) is 25.2 Å². The summed E-state index contributed by atoms with van der Waals surface area (Å²) in [6.45, 7) is 4.61. The molecule has 0 spiro atoms. The second-order valence-electron chi connectivity index (χ2n) is 2.63. The summed E-state index contributed by atoms with van der Waals surface area (Å²) in [5.41, 5.74) is 0. The van der Waals surface area contributed by atoms with Gasteiger partial charge >= 0.3 is 11.9 Å². The number of hydrogen-bond acceptors (Lipinski definition) is 4. The number of ether oxygens (including phenoxy) is 2. The van der Waals surface area contributed by atoms with E-state index in [-0.39, 0.29) is 5.97 Å². The average Bonchev–Trinajstić information content (AvgIpc) is 2.00. The monoisotopic (exact) mass is 174 g/mol. The Labute approximate surface area is 71.8 Å². The van der Waals surface area contributed by atoms with E-state index in [1.54, 1.807) is 13.8 Å². The zero-order chi connectivity index (χ0) is 9.72. The molecule has 2 atom stereocenters. The predicted octanol–water partition coefficient (Wildman–Crippen LogP) is 0.747. The van der Waals surface area contributed by atoms with E-state index in [0.29, 0.717) is 0 Å². The van der Waals surface area contributed by atoms with Crippen LogP contribution < -0.4 is 0 Å². The Hall–Kier alpha value is -1.06. The van der Waals surface area contributed by atoms with E-state index in [2.05, 4.69) is 4.74 Å². The van der Waals surface area contributed by atoms with Crippen molar-refractivity contribution in [3.63, 3.8) is 0 Å². The zero-order valence-electron chi connectivity index (χ0n) is 7.79. The number of rotatable bonds is 3. The van der Waals surface area contributed by atoms with Crippen LogP contribution in [0, 0.1) is 5.92 Å². The molecular weight excluding hydrogens is 160 g/mol. The van der Waals surface area contributed by atoms with Gasteiger partial charge in [0.2, 0.25) is 0 Å². The van der Waals surface area contributed by atoms with Crippen LogP contribution in [-0.2, 0) is 19.1 Å². The molecule has 0 heterocycles. The molecule has 0 rings (SSSR count). The van der Waals surface area contributed by atoms with E-state index < -0.39 is 18.0 Å². The predicted molar refractivity (Wildman–Crippen MR) is 42.4 cm³/mol. The van der Waals surface area contributed by atoms with Gasteiger partial charge in [0.05, 0.1) is 13.0 Å². The third-order valence-corrected chi connectivity index (χ3v) is 1.63. The maximum absolute atomic E-state index is 10.9. The molecule has 0 radical (unpaired) electrons. The number of esters is 2. The topological polar surface area (TPSA) is 52.6 Å². The van der Waals surface area contributed by atoms with Crippen molar-refractivity contribution in [1.82, 2.24) is 0 Å². The minimum absolute atomic E-state index is 0.372. The molecule has 0 aliphatic heterocycles. The van der Waals surface area contributed by atoms with Crippen molar-refractivity contribution in [3.8, 4) is 0 Å². The smallest absolute Gasteiger partial charge is 0.312 e. The number of methoxy groups -OCH3 is 1. The first-order valence-electron chi connectivity index (χ1n) is 3.74. The van der Waals surface area contributed by atoms with Gasteiger partial charge in [-0.2, -0.15) is 0 Å². The molecule has 70 valence electrons. The molecule has 0 amide bonds. The highest BCUT2D eigenvalue weighted by molar-refractivity contribution is 5.73. The standard InChI is InChI=1S/C8H14O4/c1-5(8(10)11-4)6(2)12-7(3)9/h5-6H,1-4H3/t5-,6-/m0/s1. The largest absolute Gasteiger partial charge is 0.469 e. The van der Waals surface area contributed by atoms with Crippen molar-refractivity contribution < 1.29 is 19.1 Å². The summed E-state index contributed by atoms with van der Waals surface area (Å²) >= 11 is 0. The van der Waals surface area contributed by atoms with E-state index in [4.69, 9.17) is 4.74 Å². The third kappa shape index (κ3) is 3.37. The van der Waals surface area contributed by atoms with E-state index >= 15 is 0 Å².